The number of aromatic amines is 1. The van der Waals surface area contributed by atoms with Gasteiger partial charge in [-0.3, -0.25) is 5.10 Å². The first-order valence-electron chi connectivity index (χ1n) is 14.0. The molecule has 9 unspecified atom stereocenters. The Bertz CT molecular complexity index is 981. The van der Waals surface area contributed by atoms with Gasteiger partial charge in [-0.1, -0.05) is 31.9 Å². The van der Waals surface area contributed by atoms with Crippen LogP contribution in [0.15, 0.2) is 17.3 Å². The highest BCUT2D eigenvalue weighted by atomic mass is 16.5. The number of H-pyrrole nitrogens is 1. The minimum Gasteiger partial charge on any atom is -0.369 e. The van der Waals surface area contributed by atoms with Crippen LogP contribution < -0.4 is 5.32 Å². The van der Waals surface area contributed by atoms with E-state index in [4.69, 9.17) is 4.74 Å². The highest BCUT2D eigenvalue weighted by Gasteiger charge is 2.59. The first-order chi connectivity index (χ1) is 15.9. The minimum atomic E-state index is 0.0704. The number of nitrogens with one attached hydrogen (secondary N) is 2. The summed E-state index contributed by atoms with van der Waals surface area (Å²) in [4.78, 5) is 0. The summed E-state index contributed by atoms with van der Waals surface area (Å²) in [5, 5.41) is 11.6. The van der Waals surface area contributed by atoms with E-state index in [0.717, 1.165) is 30.2 Å². The summed E-state index contributed by atoms with van der Waals surface area (Å²) in [6.07, 6.45) is 14.3. The molecule has 180 valence electrons. The molecule has 2 saturated carbocycles. The molecular formula is C29H43N3O. The summed E-state index contributed by atoms with van der Waals surface area (Å²) < 4.78 is 7.06. The monoisotopic (exact) mass is 449 g/mol. The summed E-state index contributed by atoms with van der Waals surface area (Å²) in [7, 11) is 0. The normalized spacial score (nSPS) is 50.9. The molecule has 4 fully saturated rings. The fourth-order valence-corrected chi connectivity index (χ4v) is 10.1. The second-order valence-electron chi connectivity index (χ2n) is 13.3. The van der Waals surface area contributed by atoms with E-state index in [1.165, 1.54) is 63.5 Å². The summed E-state index contributed by atoms with van der Waals surface area (Å²) >= 11 is 0. The Morgan fingerprint density at radius 3 is 2.91 bits per heavy atom. The van der Waals surface area contributed by atoms with Crippen LogP contribution in [-0.4, -0.2) is 34.5 Å². The fraction of sp³-hybridized carbons (Fsp3) is 0.828. The Hall–Kier alpha value is -1.13. The molecule has 33 heavy (non-hydrogen) atoms. The van der Waals surface area contributed by atoms with Gasteiger partial charge >= 0.3 is 0 Å². The van der Waals surface area contributed by atoms with Crippen molar-refractivity contribution >= 4 is 0 Å². The molecule has 3 heterocycles. The lowest BCUT2D eigenvalue weighted by Gasteiger charge is -2.52. The zero-order valence-electron chi connectivity index (χ0n) is 21.1. The van der Waals surface area contributed by atoms with Crippen molar-refractivity contribution in [2.24, 2.45) is 35.0 Å². The van der Waals surface area contributed by atoms with E-state index in [9.17, 15) is 0 Å². The van der Waals surface area contributed by atoms with Crippen LogP contribution in [0.25, 0.3) is 0 Å². The Labute approximate surface area is 199 Å². The number of aryl methyl sites for hydroxylation is 1. The second-order valence-corrected chi connectivity index (χ2v) is 13.3. The topological polar surface area (TPSA) is 49.9 Å². The third kappa shape index (κ3) is 2.86. The van der Waals surface area contributed by atoms with Gasteiger partial charge in [-0.25, -0.2) is 0 Å². The Kier molecular flexibility index (Phi) is 4.62. The van der Waals surface area contributed by atoms with E-state index in [0.29, 0.717) is 29.4 Å². The lowest BCUT2D eigenvalue weighted by atomic mass is 9.52. The highest BCUT2D eigenvalue weighted by molar-refractivity contribution is 5.34. The highest BCUT2D eigenvalue weighted by Crippen LogP contribution is 2.66. The van der Waals surface area contributed by atoms with Crippen molar-refractivity contribution in [1.29, 1.82) is 0 Å². The first-order valence-corrected chi connectivity index (χ1v) is 14.0. The van der Waals surface area contributed by atoms with E-state index in [1.54, 1.807) is 11.1 Å². The molecule has 1 aromatic rings. The summed E-state index contributed by atoms with van der Waals surface area (Å²) in [5.41, 5.74) is 7.05. The Morgan fingerprint density at radius 2 is 2.03 bits per heavy atom. The van der Waals surface area contributed by atoms with Gasteiger partial charge in [-0.2, -0.15) is 5.10 Å². The smallest absolute Gasteiger partial charge is 0.0765 e. The minimum absolute atomic E-state index is 0.0704. The average molecular weight is 450 g/mol. The van der Waals surface area contributed by atoms with Crippen LogP contribution in [-0.2, 0) is 11.2 Å². The van der Waals surface area contributed by atoms with Crippen LogP contribution in [0.1, 0.15) is 96.2 Å². The maximum absolute atomic E-state index is 7.06. The fourth-order valence-electron chi connectivity index (χ4n) is 10.1. The molecule has 4 aliphatic carbocycles. The lowest BCUT2D eigenvalue weighted by molar-refractivity contribution is -0.0727. The average Bonchev–Trinajstić information content (AvgIpc) is 3.45. The molecule has 2 saturated heterocycles. The van der Waals surface area contributed by atoms with Crippen molar-refractivity contribution in [2.75, 3.05) is 6.54 Å². The van der Waals surface area contributed by atoms with Crippen molar-refractivity contribution in [3.8, 4) is 0 Å². The van der Waals surface area contributed by atoms with E-state index >= 15 is 0 Å². The number of aromatic nitrogens is 2. The number of ether oxygens (including phenoxy) is 1. The van der Waals surface area contributed by atoms with Crippen LogP contribution in [0.3, 0.4) is 0 Å². The van der Waals surface area contributed by atoms with Crippen LogP contribution in [0.5, 0.6) is 0 Å². The van der Waals surface area contributed by atoms with Gasteiger partial charge in [0.1, 0.15) is 0 Å². The quantitative estimate of drug-likeness (QED) is 0.495. The predicted octanol–water partition coefficient (Wildman–Crippen LogP) is 5.76. The van der Waals surface area contributed by atoms with Crippen molar-refractivity contribution in [3.05, 3.63) is 28.6 Å². The largest absolute Gasteiger partial charge is 0.369 e. The number of nitrogens with zero attached hydrogens (tertiary/aromatic N) is 1. The molecular weight excluding hydrogens is 406 g/mol. The standard InChI is InChI=1S/C29H43N3O/c1-16-11-26-27(30-14-16)18(3)29(33-26)10-7-19-20-5-6-23-22-15-31-32-25(22)8-9-28(23,4)24(20)12-21(19)17(2)13-29/h15-16,18-20,23-24,26-27,30H,5-14H2,1-4H3,(H,31,32)/t16-,18?,19?,20?,23?,24?,26?,27?,28?,29?/m0/s1. The van der Waals surface area contributed by atoms with E-state index in [2.05, 4.69) is 49.4 Å². The molecule has 0 amide bonds. The number of hydrogen-bond donors (Lipinski definition) is 2. The number of fused-ring (bicyclic) bond motifs is 8. The van der Waals surface area contributed by atoms with E-state index in [1.807, 2.05) is 5.57 Å². The van der Waals surface area contributed by atoms with E-state index in [-0.39, 0.29) is 5.60 Å². The molecule has 10 atom stereocenters. The van der Waals surface area contributed by atoms with Crippen molar-refractivity contribution < 1.29 is 4.74 Å². The van der Waals surface area contributed by atoms with Gasteiger partial charge in [0.05, 0.1) is 17.9 Å². The zero-order valence-corrected chi connectivity index (χ0v) is 21.1. The maximum Gasteiger partial charge on any atom is 0.0765 e. The van der Waals surface area contributed by atoms with Crippen molar-refractivity contribution in [1.82, 2.24) is 15.5 Å². The third-order valence-electron chi connectivity index (χ3n) is 11.9. The molecule has 0 aromatic carbocycles. The predicted molar refractivity (Wildman–Crippen MR) is 131 cm³/mol. The molecule has 4 nitrogen and oxygen atoms in total. The summed E-state index contributed by atoms with van der Waals surface area (Å²) in [6, 6.07) is 0.561. The van der Waals surface area contributed by atoms with Crippen molar-refractivity contribution in [3.63, 3.8) is 0 Å². The van der Waals surface area contributed by atoms with E-state index < -0.39 is 0 Å². The second kappa shape index (κ2) is 7.20. The summed E-state index contributed by atoms with van der Waals surface area (Å²) in [6.45, 7) is 11.2. The van der Waals surface area contributed by atoms with Gasteiger partial charge in [0.25, 0.3) is 0 Å². The molecule has 2 aliphatic heterocycles. The maximum atomic E-state index is 7.06. The van der Waals surface area contributed by atoms with Crippen LogP contribution in [0.4, 0.5) is 0 Å². The third-order valence-corrected chi connectivity index (χ3v) is 11.9. The summed E-state index contributed by atoms with van der Waals surface area (Å²) in [5.74, 6) is 4.62. The zero-order chi connectivity index (χ0) is 22.5. The Balaban J connectivity index is 1.19. The molecule has 4 heteroatoms. The Morgan fingerprint density at radius 1 is 1.15 bits per heavy atom. The van der Waals surface area contributed by atoms with Crippen LogP contribution >= 0.6 is 0 Å². The molecule has 6 aliphatic rings. The van der Waals surface area contributed by atoms with Crippen LogP contribution in [0, 0.1) is 35.0 Å². The molecule has 1 aromatic heterocycles. The molecule has 1 spiro atoms. The van der Waals surface area contributed by atoms with Gasteiger partial charge in [-0.05, 0) is 112 Å². The first kappa shape index (κ1) is 21.2. The van der Waals surface area contributed by atoms with Crippen LogP contribution in [0.2, 0.25) is 0 Å². The number of piperidine rings is 1. The van der Waals surface area contributed by atoms with Gasteiger partial charge in [0, 0.05) is 17.7 Å². The number of rotatable bonds is 0. The van der Waals surface area contributed by atoms with Gasteiger partial charge < -0.3 is 10.1 Å². The SMILES string of the molecule is CC1=C2CC3C(CCC4c5cn[nH]c5CCC43C)C2CCC2(C1)OC1C[C@H](C)CNC1C2C. The van der Waals surface area contributed by atoms with Gasteiger partial charge in [0.2, 0.25) is 0 Å². The molecule has 7 rings (SSSR count). The lowest BCUT2D eigenvalue weighted by Crippen LogP contribution is -2.48. The van der Waals surface area contributed by atoms with Gasteiger partial charge in [0.15, 0.2) is 0 Å². The number of hydrogen-bond acceptors (Lipinski definition) is 3. The van der Waals surface area contributed by atoms with Crippen molar-refractivity contribution in [2.45, 2.75) is 109 Å². The van der Waals surface area contributed by atoms with Gasteiger partial charge in [-0.15, -0.1) is 0 Å². The number of allylic oxidation sites excluding steroid dienone is 1. The molecule has 0 radical (unpaired) electrons. The molecule has 0 bridgehead atoms. The molecule has 2 N–H and O–H groups in total.